The fourth-order valence-corrected chi connectivity index (χ4v) is 0.886. The van der Waals surface area contributed by atoms with Gasteiger partial charge in [-0.05, 0) is 11.8 Å². The molecule has 0 saturated carbocycles. The van der Waals surface area contributed by atoms with Crippen LogP contribution in [0.5, 0.6) is 0 Å². The van der Waals surface area contributed by atoms with E-state index in [9.17, 15) is 4.79 Å². The first-order chi connectivity index (χ1) is 6.95. The molecule has 0 aromatic heterocycles. The van der Waals surface area contributed by atoms with Crippen molar-refractivity contribution < 1.29 is 14.3 Å². The van der Waals surface area contributed by atoms with Crippen LogP contribution in [0.4, 0.5) is 0 Å². The summed E-state index contributed by atoms with van der Waals surface area (Å²) in [7, 11) is 0. The van der Waals surface area contributed by atoms with Crippen molar-refractivity contribution in [2.75, 3.05) is 26.4 Å². The molecule has 15 heavy (non-hydrogen) atoms. The molecule has 0 amide bonds. The van der Waals surface area contributed by atoms with E-state index in [2.05, 4.69) is 20.8 Å². The first-order valence-electron chi connectivity index (χ1n) is 5.63. The monoisotopic (exact) mass is 216 g/mol. The van der Waals surface area contributed by atoms with Crippen LogP contribution in [-0.4, -0.2) is 32.2 Å². The molecule has 0 fully saturated rings. The molecule has 0 N–H and O–H groups in total. The number of rotatable bonds is 8. The Morgan fingerprint density at radius 3 is 2.20 bits per heavy atom. The summed E-state index contributed by atoms with van der Waals surface area (Å²) in [6.07, 6.45) is 1.59. The fraction of sp³-hybridized carbons (Fsp3) is 0.917. The second-order valence-electron chi connectivity index (χ2n) is 4.87. The molecule has 0 atom stereocenters. The summed E-state index contributed by atoms with van der Waals surface area (Å²) in [6.45, 7) is 10.5. The Bertz CT molecular complexity index is 170. The molecule has 0 saturated heterocycles. The molecule has 0 aliphatic rings. The quantitative estimate of drug-likeness (QED) is 0.585. The lowest BCUT2D eigenvalue weighted by Gasteiger charge is -2.17. The highest BCUT2D eigenvalue weighted by Crippen LogP contribution is 2.17. The summed E-state index contributed by atoms with van der Waals surface area (Å²) >= 11 is 0. The molecule has 3 heteroatoms. The van der Waals surface area contributed by atoms with Gasteiger partial charge in [-0.1, -0.05) is 27.7 Å². The Morgan fingerprint density at radius 2 is 1.67 bits per heavy atom. The molecule has 0 aliphatic heterocycles. The summed E-state index contributed by atoms with van der Waals surface area (Å²) in [5.74, 6) is 0.143. The Labute approximate surface area is 93.1 Å². The van der Waals surface area contributed by atoms with Crippen LogP contribution in [0.25, 0.3) is 0 Å². The zero-order valence-corrected chi connectivity index (χ0v) is 10.5. The van der Waals surface area contributed by atoms with Crippen molar-refractivity contribution in [1.29, 1.82) is 0 Å². The van der Waals surface area contributed by atoms with Gasteiger partial charge in [-0.3, -0.25) is 4.79 Å². The minimum atomic E-state index is 0.143. The predicted octanol–water partition coefficient (Wildman–Crippen LogP) is 2.43. The first kappa shape index (κ1) is 14.6. The summed E-state index contributed by atoms with van der Waals surface area (Å²) in [5, 5.41) is 0. The highest BCUT2D eigenvalue weighted by Gasteiger charge is 2.08. The van der Waals surface area contributed by atoms with Gasteiger partial charge in [0.1, 0.15) is 6.61 Å². The van der Waals surface area contributed by atoms with E-state index in [4.69, 9.17) is 9.47 Å². The Balaban J connectivity index is 3.16. The number of carbonyl (C=O) groups is 1. The maximum atomic E-state index is 10.9. The van der Waals surface area contributed by atoms with Crippen molar-refractivity contribution in [2.45, 2.75) is 40.5 Å². The van der Waals surface area contributed by atoms with Gasteiger partial charge in [0.2, 0.25) is 0 Å². The van der Waals surface area contributed by atoms with Crippen LogP contribution in [-0.2, 0) is 14.3 Å². The van der Waals surface area contributed by atoms with Gasteiger partial charge >= 0.3 is 0 Å². The maximum Gasteiger partial charge on any atom is 0.158 e. The van der Waals surface area contributed by atoms with Gasteiger partial charge in [-0.25, -0.2) is 0 Å². The maximum absolute atomic E-state index is 10.9. The second kappa shape index (κ2) is 7.83. The zero-order valence-electron chi connectivity index (χ0n) is 10.5. The van der Waals surface area contributed by atoms with Gasteiger partial charge in [0, 0.05) is 13.0 Å². The van der Waals surface area contributed by atoms with Crippen LogP contribution in [0.2, 0.25) is 0 Å². The van der Waals surface area contributed by atoms with Crippen molar-refractivity contribution >= 4 is 5.78 Å². The molecular formula is C12H24O3. The van der Waals surface area contributed by atoms with Gasteiger partial charge in [-0.15, -0.1) is 0 Å². The van der Waals surface area contributed by atoms with E-state index < -0.39 is 0 Å². The lowest BCUT2D eigenvalue weighted by Crippen LogP contribution is -2.14. The molecule has 0 aromatic carbocycles. The lowest BCUT2D eigenvalue weighted by molar-refractivity contribution is -0.123. The molecule has 0 spiro atoms. The van der Waals surface area contributed by atoms with Gasteiger partial charge in [0.05, 0.1) is 13.2 Å². The topological polar surface area (TPSA) is 35.5 Å². The third-order valence-corrected chi connectivity index (χ3v) is 2.03. The highest BCUT2D eigenvalue weighted by molar-refractivity contribution is 5.79. The minimum absolute atomic E-state index is 0.143. The summed E-state index contributed by atoms with van der Waals surface area (Å²) < 4.78 is 10.5. The Kier molecular flexibility index (Phi) is 7.61. The zero-order chi connectivity index (χ0) is 11.7. The van der Waals surface area contributed by atoms with Crippen LogP contribution >= 0.6 is 0 Å². The molecule has 90 valence electrons. The number of carbonyl (C=O) groups excluding carboxylic acids is 1. The van der Waals surface area contributed by atoms with E-state index in [-0.39, 0.29) is 12.4 Å². The molecule has 3 nitrogen and oxygen atoms in total. The van der Waals surface area contributed by atoms with Crippen LogP contribution in [0.15, 0.2) is 0 Å². The largest absolute Gasteiger partial charge is 0.379 e. The van der Waals surface area contributed by atoms with Crippen LogP contribution in [0.1, 0.15) is 40.5 Å². The second-order valence-corrected chi connectivity index (χ2v) is 4.87. The van der Waals surface area contributed by atoms with Crippen LogP contribution in [0, 0.1) is 5.41 Å². The van der Waals surface area contributed by atoms with Gasteiger partial charge in [0.15, 0.2) is 5.78 Å². The van der Waals surface area contributed by atoms with E-state index in [0.29, 0.717) is 25.0 Å². The first-order valence-corrected chi connectivity index (χ1v) is 5.63. The average Bonchev–Trinajstić information content (AvgIpc) is 2.14. The van der Waals surface area contributed by atoms with Gasteiger partial charge in [0.25, 0.3) is 0 Å². The fourth-order valence-electron chi connectivity index (χ4n) is 0.886. The van der Waals surface area contributed by atoms with Crippen molar-refractivity contribution in [3.8, 4) is 0 Å². The van der Waals surface area contributed by atoms with Crippen LogP contribution < -0.4 is 0 Å². The summed E-state index contributed by atoms with van der Waals surface area (Å²) in [5.41, 5.74) is 0.318. The minimum Gasteiger partial charge on any atom is -0.379 e. The average molecular weight is 216 g/mol. The number of hydrogen-bond donors (Lipinski definition) is 0. The number of ether oxygens (including phenoxy) is 2. The Hall–Kier alpha value is -0.410. The molecule has 0 unspecified atom stereocenters. The molecule has 0 bridgehead atoms. The SMILES string of the molecule is CCC(=O)COCCOCCC(C)(C)C. The van der Waals surface area contributed by atoms with E-state index in [1.807, 2.05) is 6.92 Å². The van der Waals surface area contributed by atoms with Crippen molar-refractivity contribution in [3.63, 3.8) is 0 Å². The standard InChI is InChI=1S/C12H24O3/c1-5-11(13)10-15-9-8-14-7-6-12(2,3)4/h5-10H2,1-4H3. The smallest absolute Gasteiger partial charge is 0.158 e. The summed E-state index contributed by atoms with van der Waals surface area (Å²) in [4.78, 5) is 10.9. The number of hydrogen-bond acceptors (Lipinski definition) is 3. The molecule has 0 rings (SSSR count). The highest BCUT2D eigenvalue weighted by atomic mass is 16.5. The van der Waals surface area contributed by atoms with Gasteiger partial charge in [-0.2, -0.15) is 0 Å². The number of Topliss-reactive ketones (excluding diaryl/α,β-unsaturated/α-hetero) is 1. The normalized spacial score (nSPS) is 11.7. The van der Waals surface area contributed by atoms with E-state index in [1.54, 1.807) is 0 Å². The lowest BCUT2D eigenvalue weighted by atomic mass is 9.93. The third-order valence-electron chi connectivity index (χ3n) is 2.03. The van der Waals surface area contributed by atoms with Crippen molar-refractivity contribution in [1.82, 2.24) is 0 Å². The molecule has 0 heterocycles. The number of ketones is 1. The molecule has 0 radical (unpaired) electrons. The van der Waals surface area contributed by atoms with E-state index in [1.165, 1.54) is 0 Å². The molecule has 0 aliphatic carbocycles. The van der Waals surface area contributed by atoms with Crippen LogP contribution in [0.3, 0.4) is 0 Å². The van der Waals surface area contributed by atoms with Gasteiger partial charge < -0.3 is 9.47 Å². The predicted molar refractivity (Wildman–Crippen MR) is 61.0 cm³/mol. The summed E-state index contributed by atoms with van der Waals surface area (Å²) in [6, 6.07) is 0. The molecular weight excluding hydrogens is 192 g/mol. The molecule has 0 aromatic rings. The van der Waals surface area contributed by atoms with Crippen molar-refractivity contribution in [3.05, 3.63) is 0 Å². The Morgan fingerprint density at radius 1 is 1.07 bits per heavy atom. The van der Waals surface area contributed by atoms with Crippen molar-refractivity contribution in [2.24, 2.45) is 5.41 Å². The van der Waals surface area contributed by atoms with E-state index in [0.717, 1.165) is 13.0 Å². The van der Waals surface area contributed by atoms with E-state index >= 15 is 0 Å². The third kappa shape index (κ3) is 11.5.